The quantitative estimate of drug-likeness (QED) is 0.779. The second-order valence-electron chi connectivity index (χ2n) is 5.76. The van der Waals surface area contributed by atoms with E-state index < -0.39 is 0 Å². The maximum atomic E-state index is 11.8. The van der Waals surface area contributed by atoms with Crippen LogP contribution in [0.25, 0.3) is 0 Å². The SMILES string of the molecule is COc1ccc(C2CC(=O)CC(C)(C)C2)cc1. The van der Waals surface area contributed by atoms with Gasteiger partial charge < -0.3 is 4.74 Å². The second kappa shape index (κ2) is 4.52. The molecule has 0 heterocycles. The van der Waals surface area contributed by atoms with E-state index in [4.69, 9.17) is 4.74 Å². The standard InChI is InChI=1S/C15H20O2/c1-15(2)9-12(8-13(16)10-15)11-4-6-14(17-3)7-5-11/h4-7,12H,8-10H2,1-3H3. The molecule has 1 fully saturated rings. The summed E-state index contributed by atoms with van der Waals surface area (Å²) in [6, 6.07) is 8.11. The summed E-state index contributed by atoms with van der Waals surface area (Å²) in [6.45, 7) is 4.36. The lowest BCUT2D eigenvalue weighted by Crippen LogP contribution is -2.27. The van der Waals surface area contributed by atoms with Crippen molar-refractivity contribution in [3.8, 4) is 5.75 Å². The first-order chi connectivity index (χ1) is 8.00. The van der Waals surface area contributed by atoms with Gasteiger partial charge in [0.05, 0.1) is 7.11 Å². The first-order valence-corrected chi connectivity index (χ1v) is 6.16. The average Bonchev–Trinajstić information content (AvgIpc) is 2.26. The molecule has 0 aliphatic heterocycles. The molecule has 0 spiro atoms. The zero-order chi connectivity index (χ0) is 12.5. The van der Waals surface area contributed by atoms with Gasteiger partial charge in [0, 0.05) is 12.8 Å². The monoisotopic (exact) mass is 232 g/mol. The number of hydrogen-bond acceptors (Lipinski definition) is 2. The largest absolute Gasteiger partial charge is 0.497 e. The summed E-state index contributed by atoms with van der Waals surface area (Å²) in [5.74, 6) is 1.63. The Morgan fingerprint density at radius 1 is 1.24 bits per heavy atom. The van der Waals surface area contributed by atoms with E-state index in [1.54, 1.807) is 7.11 Å². The number of carbonyl (C=O) groups excluding carboxylic acids is 1. The Bertz CT molecular complexity index is 403. The highest BCUT2D eigenvalue weighted by atomic mass is 16.5. The fourth-order valence-electron chi connectivity index (χ4n) is 2.80. The van der Waals surface area contributed by atoms with Crippen molar-refractivity contribution in [2.45, 2.75) is 39.0 Å². The predicted octanol–water partition coefficient (Wildman–Crippen LogP) is 3.56. The number of ether oxygens (including phenoxy) is 1. The number of ketones is 1. The van der Waals surface area contributed by atoms with Crippen molar-refractivity contribution in [3.63, 3.8) is 0 Å². The lowest BCUT2D eigenvalue weighted by molar-refractivity contribution is -0.123. The van der Waals surface area contributed by atoms with E-state index in [-0.39, 0.29) is 5.41 Å². The van der Waals surface area contributed by atoms with Crippen molar-refractivity contribution in [2.75, 3.05) is 7.11 Å². The van der Waals surface area contributed by atoms with Gasteiger partial charge in [-0.1, -0.05) is 26.0 Å². The van der Waals surface area contributed by atoms with E-state index in [0.717, 1.165) is 18.6 Å². The van der Waals surface area contributed by atoms with E-state index in [9.17, 15) is 4.79 Å². The van der Waals surface area contributed by atoms with Crippen LogP contribution in [-0.2, 0) is 4.79 Å². The smallest absolute Gasteiger partial charge is 0.134 e. The summed E-state index contributed by atoms with van der Waals surface area (Å²) in [4.78, 5) is 11.8. The molecule has 1 unspecified atom stereocenters. The molecule has 0 saturated heterocycles. The van der Waals surface area contributed by atoms with Crippen LogP contribution in [0.3, 0.4) is 0 Å². The molecule has 0 radical (unpaired) electrons. The maximum absolute atomic E-state index is 11.8. The zero-order valence-electron chi connectivity index (χ0n) is 10.8. The summed E-state index contributed by atoms with van der Waals surface area (Å²) in [7, 11) is 1.67. The van der Waals surface area contributed by atoms with Crippen molar-refractivity contribution in [1.29, 1.82) is 0 Å². The Kier molecular flexibility index (Phi) is 3.23. The van der Waals surface area contributed by atoms with Gasteiger partial charge in [0.25, 0.3) is 0 Å². The summed E-state index contributed by atoms with van der Waals surface area (Å²) in [5.41, 5.74) is 1.40. The highest BCUT2D eigenvalue weighted by Crippen LogP contribution is 2.41. The lowest BCUT2D eigenvalue weighted by atomic mass is 9.69. The molecule has 2 heteroatoms. The van der Waals surface area contributed by atoms with Gasteiger partial charge in [-0.25, -0.2) is 0 Å². The van der Waals surface area contributed by atoms with Gasteiger partial charge in [-0.2, -0.15) is 0 Å². The van der Waals surface area contributed by atoms with Crippen molar-refractivity contribution in [3.05, 3.63) is 29.8 Å². The Morgan fingerprint density at radius 3 is 2.41 bits per heavy atom. The minimum absolute atomic E-state index is 0.139. The van der Waals surface area contributed by atoms with Crippen LogP contribution in [0.15, 0.2) is 24.3 Å². The van der Waals surface area contributed by atoms with Crippen LogP contribution < -0.4 is 4.74 Å². The van der Waals surface area contributed by atoms with E-state index >= 15 is 0 Å². The Hall–Kier alpha value is -1.31. The van der Waals surface area contributed by atoms with E-state index in [1.807, 2.05) is 12.1 Å². The molecule has 1 atom stereocenters. The first kappa shape index (κ1) is 12.2. The molecular weight excluding hydrogens is 212 g/mol. The average molecular weight is 232 g/mol. The fraction of sp³-hybridized carbons (Fsp3) is 0.533. The van der Waals surface area contributed by atoms with Crippen molar-refractivity contribution >= 4 is 5.78 Å². The van der Waals surface area contributed by atoms with Gasteiger partial charge in [-0.05, 0) is 35.4 Å². The van der Waals surface area contributed by atoms with Gasteiger partial charge in [0.2, 0.25) is 0 Å². The second-order valence-corrected chi connectivity index (χ2v) is 5.76. The van der Waals surface area contributed by atoms with Crippen molar-refractivity contribution in [1.82, 2.24) is 0 Å². The van der Waals surface area contributed by atoms with Crippen LogP contribution in [0.1, 0.15) is 44.6 Å². The number of hydrogen-bond donors (Lipinski definition) is 0. The minimum Gasteiger partial charge on any atom is -0.497 e. The Morgan fingerprint density at radius 2 is 1.88 bits per heavy atom. The molecule has 1 aromatic rings. The molecule has 0 bridgehead atoms. The number of rotatable bonds is 2. The van der Waals surface area contributed by atoms with Crippen LogP contribution in [0, 0.1) is 5.41 Å². The van der Waals surface area contributed by atoms with Gasteiger partial charge in [-0.15, -0.1) is 0 Å². The number of benzene rings is 1. The highest BCUT2D eigenvalue weighted by molar-refractivity contribution is 5.81. The molecule has 1 saturated carbocycles. The van der Waals surface area contributed by atoms with E-state index in [1.165, 1.54) is 5.56 Å². The van der Waals surface area contributed by atoms with E-state index in [2.05, 4.69) is 26.0 Å². The predicted molar refractivity (Wildman–Crippen MR) is 68.4 cm³/mol. The number of methoxy groups -OCH3 is 1. The lowest BCUT2D eigenvalue weighted by Gasteiger charge is -2.34. The number of carbonyl (C=O) groups is 1. The molecule has 0 aromatic heterocycles. The molecular formula is C15H20O2. The van der Waals surface area contributed by atoms with Crippen LogP contribution >= 0.6 is 0 Å². The Balaban J connectivity index is 2.18. The maximum Gasteiger partial charge on any atom is 0.134 e. The molecule has 1 aromatic carbocycles. The molecule has 0 N–H and O–H groups in total. The van der Waals surface area contributed by atoms with Gasteiger partial charge in [0.1, 0.15) is 11.5 Å². The summed E-state index contributed by atoms with van der Waals surface area (Å²) in [5, 5.41) is 0. The molecule has 92 valence electrons. The molecule has 1 aliphatic rings. The molecule has 1 aliphatic carbocycles. The third kappa shape index (κ3) is 2.87. The van der Waals surface area contributed by atoms with Gasteiger partial charge in [-0.3, -0.25) is 4.79 Å². The Labute approximate surface area is 103 Å². The summed E-state index contributed by atoms with van der Waals surface area (Å²) < 4.78 is 5.15. The van der Waals surface area contributed by atoms with Crippen LogP contribution in [-0.4, -0.2) is 12.9 Å². The topological polar surface area (TPSA) is 26.3 Å². The van der Waals surface area contributed by atoms with Crippen LogP contribution in [0.2, 0.25) is 0 Å². The number of Topliss-reactive ketones (excluding diaryl/α,β-unsaturated/α-hetero) is 1. The van der Waals surface area contributed by atoms with Gasteiger partial charge >= 0.3 is 0 Å². The molecule has 2 rings (SSSR count). The minimum atomic E-state index is 0.139. The zero-order valence-corrected chi connectivity index (χ0v) is 10.8. The molecule has 2 nitrogen and oxygen atoms in total. The van der Waals surface area contributed by atoms with Crippen molar-refractivity contribution in [2.24, 2.45) is 5.41 Å². The summed E-state index contributed by atoms with van der Waals surface area (Å²) >= 11 is 0. The van der Waals surface area contributed by atoms with Crippen molar-refractivity contribution < 1.29 is 9.53 Å². The highest BCUT2D eigenvalue weighted by Gasteiger charge is 2.33. The van der Waals surface area contributed by atoms with E-state index in [0.29, 0.717) is 18.1 Å². The van der Waals surface area contributed by atoms with Gasteiger partial charge in [0.15, 0.2) is 0 Å². The van der Waals surface area contributed by atoms with Crippen LogP contribution in [0.4, 0.5) is 0 Å². The van der Waals surface area contributed by atoms with Crippen LogP contribution in [0.5, 0.6) is 5.75 Å². The normalized spacial score (nSPS) is 23.5. The summed E-state index contributed by atoms with van der Waals surface area (Å²) in [6.07, 6.45) is 2.50. The third-order valence-electron chi connectivity index (χ3n) is 3.54. The fourth-order valence-corrected chi connectivity index (χ4v) is 2.80. The molecule has 17 heavy (non-hydrogen) atoms. The molecule has 0 amide bonds. The first-order valence-electron chi connectivity index (χ1n) is 6.16. The third-order valence-corrected chi connectivity index (χ3v) is 3.54.